The average Bonchev–Trinajstić information content (AvgIpc) is 2.55. The van der Waals surface area contributed by atoms with E-state index < -0.39 is 0 Å². The van der Waals surface area contributed by atoms with Crippen LogP contribution in [0.5, 0.6) is 0 Å². The quantitative estimate of drug-likeness (QED) is 0.869. The summed E-state index contributed by atoms with van der Waals surface area (Å²) in [5.41, 5.74) is 6.86. The van der Waals surface area contributed by atoms with Crippen molar-refractivity contribution < 1.29 is 9.53 Å². The van der Waals surface area contributed by atoms with Crippen LogP contribution in [0.4, 0.5) is 0 Å². The summed E-state index contributed by atoms with van der Waals surface area (Å²) in [5, 5.41) is 0. The molecule has 1 aromatic carbocycles. The lowest BCUT2D eigenvalue weighted by Crippen LogP contribution is -2.44. The van der Waals surface area contributed by atoms with Gasteiger partial charge in [-0.25, -0.2) is 0 Å². The van der Waals surface area contributed by atoms with E-state index in [2.05, 4.69) is 24.3 Å². The lowest BCUT2D eigenvalue weighted by atomic mass is 10.0. The molecule has 0 aromatic heterocycles. The van der Waals surface area contributed by atoms with Gasteiger partial charge in [0, 0.05) is 25.6 Å². The third-order valence-electron chi connectivity index (χ3n) is 4.12. The molecule has 1 heterocycles. The minimum Gasteiger partial charge on any atom is -0.378 e. The Morgan fingerprint density at radius 2 is 2.00 bits per heavy atom. The monoisotopic (exact) mass is 290 g/mol. The van der Waals surface area contributed by atoms with Crippen LogP contribution in [0, 0.1) is 5.92 Å². The topological polar surface area (TPSA) is 55.6 Å². The van der Waals surface area contributed by atoms with E-state index >= 15 is 0 Å². The highest BCUT2D eigenvalue weighted by molar-refractivity contribution is 5.78. The van der Waals surface area contributed by atoms with E-state index in [1.807, 2.05) is 17.9 Å². The van der Waals surface area contributed by atoms with E-state index in [-0.39, 0.29) is 17.9 Å². The van der Waals surface area contributed by atoms with Crippen molar-refractivity contribution in [2.24, 2.45) is 11.7 Å². The summed E-state index contributed by atoms with van der Waals surface area (Å²) in [6, 6.07) is 10.4. The Balaban J connectivity index is 1.66. The Bertz CT molecular complexity index is 428. The fraction of sp³-hybridized carbons (Fsp3) is 0.588. The molecule has 21 heavy (non-hydrogen) atoms. The summed E-state index contributed by atoms with van der Waals surface area (Å²) in [4.78, 5) is 14.0. The van der Waals surface area contributed by atoms with Crippen molar-refractivity contribution in [1.82, 2.24) is 4.90 Å². The number of ether oxygens (including phenoxy) is 1. The second kappa shape index (κ2) is 8.15. The molecule has 0 saturated carbocycles. The fourth-order valence-corrected chi connectivity index (χ4v) is 2.64. The Morgan fingerprint density at radius 1 is 1.33 bits per heavy atom. The van der Waals surface area contributed by atoms with Gasteiger partial charge in [0.05, 0.1) is 12.7 Å². The molecule has 1 unspecified atom stereocenters. The highest BCUT2D eigenvalue weighted by atomic mass is 16.5. The largest absolute Gasteiger partial charge is 0.378 e. The molecule has 1 aliphatic rings. The minimum absolute atomic E-state index is 0.0689. The maximum atomic E-state index is 12.0. The van der Waals surface area contributed by atoms with Gasteiger partial charge < -0.3 is 15.4 Å². The molecule has 1 fully saturated rings. The maximum absolute atomic E-state index is 12.0. The van der Waals surface area contributed by atoms with Gasteiger partial charge in [-0.3, -0.25) is 4.79 Å². The lowest BCUT2D eigenvalue weighted by molar-refractivity contribution is -0.137. The molecule has 1 aliphatic heterocycles. The van der Waals surface area contributed by atoms with E-state index in [1.165, 1.54) is 5.56 Å². The number of nitrogens with two attached hydrogens (primary N) is 1. The van der Waals surface area contributed by atoms with Gasteiger partial charge in [0.15, 0.2) is 0 Å². The first-order chi connectivity index (χ1) is 10.2. The van der Waals surface area contributed by atoms with E-state index in [9.17, 15) is 4.79 Å². The standard InChI is InChI=1S/C17H26N2O2/c1-14(13-18)17(20)19-10-7-16(8-11-19)21-12-9-15-5-3-2-4-6-15/h2-6,14,16H,7-13,18H2,1H3. The molecule has 0 bridgehead atoms. The van der Waals surface area contributed by atoms with E-state index in [4.69, 9.17) is 10.5 Å². The van der Waals surface area contributed by atoms with Crippen molar-refractivity contribution in [3.63, 3.8) is 0 Å². The normalized spacial score (nSPS) is 17.7. The number of rotatable bonds is 6. The molecule has 1 aromatic rings. The summed E-state index contributed by atoms with van der Waals surface area (Å²) in [6.45, 7) is 4.65. The molecule has 0 spiro atoms. The number of carbonyl (C=O) groups excluding carboxylic acids is 1. The van der Waals surface area contributed by atoms with Crippen LogP contribution in [0.1, 0.15) is 25.3 Å². The van der Waals surface area contributed by atoms with Crippen LogP contribution in [0.2, 0.25) is 0 Å². The molecule has 4 heteroatoms. The van der Waals surface area contributed by atoms with Gasteiger partial charge in [0.25, 0.3) is 0 Å². The van der Waals surface area contributed by atoms with Gasteiger partial charge >= 0.3 is 0 Å². The smallest absolute Gasteiger partial charge is 0.226 e. The van der Waals surface area contributed by atoms with Gasteiger partial charge in [-0.05, 0) is 24.8 Å². The molecular formula is C17H26N2O2. The average molecular weight is 290 g/mol. The third kappa shape index (κ3) is 4.83. The molecule has 1 saturated heterocycles. The number of amides is 1. The van der Waals surface area contributed by atoms with Gasteiger partial charge in [-0.15, -0.1) is 0 Å². The first kappa shape index (κ1) is 16.0. The highest BCUT2D eigenvalue weighted by Crippen LogP contribution is 2.16. The highest BCUT2D eigenvalue weighted by Gasteiger charge is 2.25. The predicted molar refractivity (Wildman–Crippen MR) is 83.9 cm³/mol. The second-order valence-electron chi connectivity index (χ2n) is 5.77. The SMILES string of the molecule is CC(CN)C(=O)N1CCC(OCCc2ccccc2)CC1. The van der Waals surface area contributed by atoms with Crippen molar-refractivity contribution in [3.8, 4) is 0 Å². The molecule has 0 aliphatic carbocycles. The van der Waals surface area contributed by atoms with E-state index in [0.29, 0.717) is 6.54 Å². The molecule has 1 amide bonds. The third-order valence-corrected chi connectivity index (χ3v) is 4.12. The fourth-order valence-electron chi connectivity index (χ4n) is 2.64. The van der Waals surface area contributed by atoms with Crippen LogP contribution in [0.15, 0.2) is 30.3 Å². The molecular weight excluding hydrogens is 264 g/mol. The number of hydrogen-bond acceptors (Lipinski definition) is 3. The van der Waals surface area contributed by atoms with Gasteiger partial charge in [-0.2, -0.15) is 0 Å². The van der Waals surface area contributed by atoms with Crippen molar-refractivity contribution in [2.45, 2.75) is 32.3 Å². The number of nitrogens with zero attached hydrogens (tertiary/aromatic N) is 1. The van der Waals surface area contributed by atoms with Crippen molar-refractivity contribution in [1.29, 1.82) is 0 Å². The minimum atomic E-state index is -0.0689. The van der Waals surface area contributed by atoms with Crippen LogP contribution in [0.25, 0.3) is 0 Å². The zero-order chi connectivity index (χ0) is 15.1. The Morgan fingerprint density at radius 3 is 2.62 bits per heavy atom. The zero-order valence-corrected chi connectivity index (χ0v) is 12.8. The van der Waals surface area contributed by atoms with Crippen LogP contribution >= 0.6 is 0 Å². The number of benzene rings is 1. The number of likely N-dealkylation sites (tertiary alicyclic amines) is 1. The Kier molecular flexibility index (Phi) is 6.21. The first-order valence-corrected chi connectivity index (χ1v) is 7.85. The van der Waals surface area contributed by atoms with Gasteiger partial charge in [0.1, 0.15) is 0 Å². The van der Waals surface area contributed by atoms with Crippen molar-refractivity contribution in [2.75, 3.05) is 26.2 Å². The molecule has 116 valence electrons. The maximum Gasteiger partial charge on any atom is 0.226 e. The zero-order valence-electron chi connectivity index (χ0n) is 12.8. The number of carbonyl (C=O) groups is 1. The summed E-state index contributed by atoms with van der Waals surface area (Å²) in [5.74, 6) is 0.112. The van der Waals surface area contributed by atoms with Crippen LogP contribution in [-0.4, -0.2) is 43.2 Å². The number of piperidine rings is 1. The second-order valence-corrected chi connectivity index (χ2v) is 5.77. The molecule has 2 rings (SSSR count). The van der Waals surface area contributed by atoms with Crippen molar-refractivity contribution in [3.05, 3.63) is 35.9 Å². The molecule has 0 radical (unpaired) electrons. The predicted octanol–water partition coefficient (Wildman–Crippen LogP) is 1.83. The van der Waals surface area contributed by atoms with Gasteiger partial charge in [0.2, 0.25) is 5.91 Å². The summed E-state index contributed by atoms with van der Waals surface area (Å²) in [7, 11) is 0. The van der Waals surface area contributed by atoms with Crippen LogP contribution in [-0.2, 0) is 16.0 Å². The molecule has 1 atom stereocenters. The van der Waals surface area contributed by atoms with Gasteiger partial charge in [-0.1, -0.05) is 37.3 Å². The van der Waals surface area contributed by atoms with Crippen LogP contribution < -0.4 is 5.73 Å². The van der Waals surface area contributed by atoms with Crippen molar-refractivity contribution >= 4 is 5.91 Å². The lowest BCUT2D eigenvalue weighted by Gasteiger charge is -2.33. The summed E-state index contributed by atoms with van der Waals surface area (Å²) in [6.07, 6.45) is 3.09. The molecule has 4 nitrogen and oxygen atoms in total. The number of hydrogen-bond donors (Lipinski definition) is 1. The summed E-state index contributed by atoms with van der Waals surface area (Å²) >= 11 is 0. The Hall–Kier alpha value is -1.39. The molecule has 2 N–H and O–H groups in total. The Labute approximate surface area is 127 Å². The first-order valence-electron chi connectivity index (χ1n) is 7.85. The van der Waals surface area contributed by atoms with E-state index in [0.717, 1.165) is 39.0 Å². The summed E-state index contributed by atoms with van der Waals surface area (Å²) < 4.78 is 5.94. The van der Waals surface area contributed by atoms with Crippen LogP contribution in [0.3, 0.4) is 0 Å². The van der Waals surface area contributed by atoms with E-state index in [1.54, 1.807) is 0 Å².